The Bertz CT molecular complexity index is 965. The van der Waals surface area contributed by atoms with E-state index in [1.54, 1.807) is 33.5 Å². The molecule has 1 N–H and O–H groups in total. The van der Waals surface area contributed by atoms with Crippen molar-refractivity contribution in [2.24, 2.45) is 0 Å². The van der Waals surface area contributed by atoms with Crippen molar-refractivity contribution in [1.82, 2.24) is 0 Å². The highest BCUT2D eigenvalue weighted by molar-refractivity contribution is 5.65. The second kappa shape index (κ2) is 5.46. The smallest absolute Gasteiger partial charge is 0.207 e. The predicted octanol–water partition coefficient (Wildman–Crippen LogP) is 2.32. The maximum Gasteiger partial charge on any atom is 0.207 e. The summed E-state index contributed by atoms with van der Waals surface area (Å²) in [6.07, 6.45) is 0. The number of benzene rings is 2. The van der Waals surface area contributed by atoms with Crippen molar-refractivity contribution in [1.29, 1.82) is 0 Å². The fourth-order valence-electron chi connectivity index (χ4n) is 3.08. The Kier molecular flexibility index (Phi) is 3.60. The van der Waals surface area contributed by atoms with Crippen LogP contribution in [0.3, 0.4) is 0 Å². The van der Waals surface area contributed by atoms with Crippen LogP contribution in [0.2, 0.25) is 0 Å². The standard InChI is InChI=1S/C17H18O6/c1-19-9-7-6-8(18)10-11(9)13-12(10)14(20-2)16(22-4)17(23-5)15(13)21-3/h6-7,18H,1-5H3. The number of aromatic hydroxyl groups is 1. The van der Waals surface area contributed by atoms with Crippen LogP contribution in [-0.4, -0.2) is 40.7 Å². The lowest BCUT2D eigenvalue weighted by Gasteiger charge is -2.21. The first-order valence-corrected chi connectivity index (χ1v) is 6.95. The molecular weight excluding hydrogens is 300 g/mol. The van der Waals surface area contributed by atoms with Gasteiger partial charge in [0.15, 0.2) is 11.5 Å². The summed E-state index contributed by atoms with van der Waals surface area (Å²) in [6, 6.07) is 3.29. The maximum atomic E-state index is 10.3. The van der Waals surface area contributed by atoms with E-state index in [4.69, 9.17) is 23.7 Å². The summed E-state index contributed by atoms with van der Waals surface area (Å²) < 4.78 is 27.4. The molecule has 3 rings (SSSR count). The molecule has 6 heteroatoms. The highest BCUT2D eigenvalue weighted by Gasteiger charge is 2.27. The van der Waals surface area contributed by atoms with E-state index < -0.39 is 0 Å². The summed E-state index contributed by atoms with van der Waals surface area (Å²) in [5.74, 6) is 2.62. The van der Waals surface area contributed by atoms with Gasteiger partial charge in [-0.25, -0.2) is 0 Å². The molecule has 0 bridgehead atoms. The van der Waals surface area contributed by atoms with Gasteiger partial charge < -0.3 is 28.8 Å². The van der Waals surface area contributed by atoms with Crippen molar-refractivity contribution in [3.63, 3.8) is 0 Å². The van der Waals surface area contributed by atoms with Crippen LogP contribution in [0.25, 0.3) is 0 Å². The molecule has 0 amide bonds. The topological polar surface area (TPSA) is 66.4 Å². The van der Waals surface area contributed by atoms with E-state index in [0.717, 1.165) is 10.4 Å². The maximum absolute atomic E-state index is 10.3. The van der Waals surface area contributed by atoms with Crippen LogP contribution in [0.4, 0.5) is 0 Å². The summed E-state index contributed by atoms with van der Waals surface area (Å²) >= 11 is 0. The molecule has 0 fully saturated rings. The molecule has 6 nitrogen and oxygen atoms in total. The number of methoxy groups -OCH3 is 5. The van der Waals surface area contributed by atoms with Gasteiger partial charge in [-0.3, -0.25) is 0 Å². The van der Waals surface area contributed by atoms with Gasteiger partial charge in [-0.2, -0.15) is 0 Å². The zero-order chi connectivity index (χ0) is 16.7. The molecule has 2 aromatic rings. The lowest BCUT2D eigenvalue weighted by molar-refractivity contribution is 0.302. The van der Waals surface area contributed by atoms with E-state index in [2.05, 4.69) is 0 Å². The first-order chi connectivity index (χ1) is 11.1. The first kappa shape index (κ1) is 15.1. The number of fused-ring (bicyclic) bond motifs is 2. The van der Waals surface area contributed by atoms with Crippen LogP contribution in [-0.2, 0) is 0 Å². The van der Waals surface area contributed by atoms with Gasteiger partial charge >= 0.3 is 0 Å². The molecule has 0 saturated carbocycles. The minimum absolute atomic E-state index is 0.140. The average Bonchev–Trinajstić information content (AvgIpc) is 2.56. The van der Waals surface area contributed by atoms with Crippen molar-refractivity contribution >= 4 is 0 Å². The quantitative estimate of drug-likeness (QED) is 0.779. The molecule has 0 spiro atoms. The van der Waals surface area contributed by atoms with Gasteiger partial charge in [0, 0.05) is 20.9 Å². The molecule has 0 heterocycles. The Labute approximate surface area is 132 Å². The SMILES string of the molecule is COc1c(OC)c(OC)c2c(c1OC)=c1c(O)ccc(OC)c1=2. The largest absolute Gasteiger partial charge is 0.507 e. The second-order valence-electron chi connectivity index (χ2n) is 4.92. The van der Waals surface area contributed by atoms with Crippen molar-refractivity contribution in [2.45, 2.75) is 0 Å². The zero-order valence-electron chi connectivity index (χ0n) is 13.6. The van der Waals surface area contributed by atoms with Crippen molar-refractivity contribution < 1.29 is 28.8 Å². The number of hydrogen-bond donors (Lipinski definition) is 1. The van der Waals surface area contributed by atoms with Gasteiger partial charge in [0.2, 0.25) is 11.5 Å². The Balaban J connectivity index is 2.67. The molecule has 1 aliphatic rings. The molecule has 0 atom stereocenters. The third kappa shape index (κ3) is 1.81. The van der Waals surface area contributed by atoms with Crippen LogP contribution < -0.4 is 23.7 Å². The second-order valence-corrected chi connectivity index (χ2v) is 4.92. The molecule has 0 radical (unpaired) electrons. The zero-order valence-corrected chi connectivity index (χ0v) is 13.6. The van der Waals surface area contributed by atoms with Gasteiger partial charge in [-0.15, -0.1) is 0 Å². The fourth-order valence-corrected chi connectivity index (χ4v) is 3.08. The molecule has 0 unspecified atom stereocenters. The molecule has 0 aliphatic heterocycles. The third-order valence-corrected chi connectivity index (χ3v) is 4.00. The van der Waals surface area contributed by atoms with E-state index in [0.29, 0.717) is 39.2 Å². The Morgan fingerprint density at radius 3 is 1.48 bits per heavy atom. The Hall–Kier alpha value is -2.76. The highest BCUT2D eigenvalue weighted by Crippen LogP contribution is 2.49. The van der Waals surface area contributed by atoms with Gasteiger partial charge in [0.05, 0.1) is 35.5 Å². The molecule has 2 aromatic carbocycles. The van der Waals surface area contributed by atoms with E-state index in [1.165, 1.54) is 14.2 Å². The molecule has 23 heavy (non-hydrogen) atoms. The van der Waals surface area contributed by atoms with Crippen LogP contribution in [0.5, 0.6) is 34.5 Å². The number of rotatable bonds is 5. The van der Waals surface area contributed by atoms with Crippen LogP contribution in [0, 0.1) is 20.9 Å². The Morgan fingerprint density at radius 1 is 0.565 bits per heavy atom. The summed E-state index contributed by atoms with van der Waals surface area (Å²) in [7, 11) is 7.73. The van der Waals surface area contributed by atoms with Crippen molar-refractivity contribution in [3.8, 4) is 34.5 Å². The lowest BCUT2D eigenvalue weighted by atomic mass is 9.97. The minimum Gasteiger partial charge on any atom is -0.507 e. The van der Waals surface area contributed by atoms with Gasteiger partial charge in [0.1, 0.15) is 11.5 Å². The van der Waals surface area contributed by atoms with Crippen LogP contribution >= 0.6 is 0 Å². The molecule has 0 saturated heterocycles. The third-order valence-electron chi connectivity index (χ3n) is 4.00. The monoisotopic (exact) mass is 318 g/mol. The summed E-state index contributed by atoms with van der Waals surface area (Å²) in [5.41, 5.74) is 0. The van der Waals surface area contributed by atoms with Crippen molar-refractivity contribution in [2.75, 3.05) is 35.5 Å². The normalized spacial score (nSPS) is 11.0. The molecular formula is C17H18O6. The average molecular weight is 318 g/mol. The van der Waals surface area contributed by atoms with E-state index in [9.17, 15) is 5.11 Å². The van der Waals surface area contributed by atoms with E-state index in [1.807, 2.05) is 0 Å². The van der Waals surface area contributed by atoms with Gasteiger partial charge in [-0.1, -0.05) is 0 Å². The predicted molar refractivity (Wildman–Crippen MR) is 82.7 cm³/mol. The lowest BCUT2D eigenvalue weighted by Crippen LogP contribution is -2.06. The Morgan fingerprint density at radius 2 is 1.04 bits per heavy atom. The molecule has 0 aromatic heterocycles. The fraction of sp³-hybridized carbons (Fsp3) is 0.294. The number of phenolic OH excluding ortho intramolecular Hbond substituents is 1. The van der Waals surface area contributed by atoms with Crippen LogP contribution in [0.15, 0.2) is 12.1 Å². The number of hydrogen-bond acceptors (Lipinski definition) is 6. The molecule has 1 aliphatic carbocycles. The van der Waals surface area contributed by atoms with Gasteiger partial charge in [-0.05, 0) is 12.1 Å². The summed E-state index contributed by atoms with van der Waals surface area (Å²) in [5, 5.41) is 13.2. The first-order valence-electron chi connectivity index (χ1n) is 6.95. The van der Waals surface area contributed by atoms with E-state index in [-0.39, 0.29) is 5.75 Å². The van der Waals surface area contributed by atoms with Crippen LogP contribution in [0.1, 0.15) is 0 Å². The van der Waals surface area contributed by atoms with Gasteiger partial charge in [0.25, 0.3) is 0 Å². The summed E-state index contributed by atoms with van der Waals surface area (Å²) in [4.78, 5) is 0. The number of ether oxygens (including phenoxy) is 5. The minimum atomic E-state index is 0.140. The highest BCUT2D eigenvalue weighted by atomic mass is 16.5. The van der Waals surface area contributed by atoms with Crippen molar-refractivity contribution in [3.05, 3.63) is 33.0 Å². The number of phenols is 1. The summed E-state index contributed by atoms with van der Waals surface area (Å²) in [6.45, 7) is 0. The van der Waals surface area contributed by atoms with E-state index >= 15 is 0 Å². The molecule has 122 valence electrons.